The van der Waals surface area contributed by atoms with Gasteiger partial charge in [0.15, 0.2) is 0 Å². The first-order chi connectivity index (χ1) is 9.67. The number of ether oxygens (including phenoxy) is 1. The first-order valence-electron chi connectivity index (χ1n) is 6.70. The van der Waals surface area contributed by atoms with Crippen molar-refractivity contribution < 1.29 is 9.53 Å². The van der Waals surface area contributed by atoms with Crippen LogP contribution in [0.25, 0.3) is 10.9 Å². The fourth-order valence-electron chi connectivity index (χ4n) is 2.37. The van der Waals surface area contributed by atoms with Crippen LogP contribution in [0.5, 0.6) is 0 Å². The Bertz CT molecular complexity index is 645. The summed E-state index contributed by atoms with van der Waals surface area (Å²) in [5, 5.41) is 3.89. The molecule has 2 heterocycles. The Labute approximate surface area is 141 Å². The smallest absolute Gasteiger partial charge is 0.244 e. The Morgan fingerprint density at radius 2 is 1.95 bits per heavy atom. The molecule has 1 saturated heterocycles. The summed E-state index contributed by atoms with van der Waals surface area (Å²) in [5.41, 5.74) is 6.97. The molecule has 3 rings (SSSR count). The Balaban J connectivity index is 0.00000121. The fourth-order valence-corrected chi connectivity index (χ4v) is 2.37. The molecular formula is C15H19Cl2N3O2. The summed E-state index contributed by atoms with van der Waals surface area (Å²) in [7, 11) is 0. The highest BCUT2D eigenvalue weighted by molar-refractivity contribution is 5.99. The Hall–Kier alpha value is -1.40. The van der Waals surface area contributed by atoms with Crippen molar-refractivity contribution in [2.75, 3.05) is 18.5 Å². The molecule has 3 N–H and O–H groups in total. The molecule has 0 radical (unpaired) electrons. The molecule has 2 aromatic rings. The van der Waals surface area contributed by atoms with Crippen molar-refractivity contribution in [3.8, 4) is 0 Å². The van der Waals surface area contributed by atoms with Gasteiger partial charge in [0.05, 0.1) is 5.52 Å². The molecule has 0 saturated carbocycles. The lowest BCUT2D eigenvalue weighted by molar-refractivity contribution is -0.124. The van der Waals surface area contributed by atoms with Crippen molar-refractivity contribution in [2.24, 2.45) is 5.73 Å². The number of rotatable bonds is 2. The lowest BCUT2D eigenvalue weighted by Crippen LogP contribution is -2.54. The molecular weight excluding hydrogens is 325 g/mol. The van der Waals surface area contributed by atoms with E-state index in [4.69, 9.17) is 10.5 Å². The average Bonchev–Trinajstić information content (AvgIpc) is 2.48. The molecule has 1 aromatic carbocycles. The summed E-state index contributed by atoms with van der Waals surface area (Å²) in [4.78, 5) is 16.6. The van der Waals surface area contributed by atoms with Crippen molar-refractivity contribution in [1.29, 1.82) is 0 Å². The maximum Gasteiger partial charge on any atom is 0.244 e. The van der Waals surface area contributed by atoms with E-state index in [1.165, 1.54) is 0 Å². The van der Waals surface area contributed by atoms with Gasteiger partial charge >= 0.3 is 0 Å². The van der Waals surface area contributed by atoms with Crippen LogP contribution in [0.3, 0.4) is 0 Å². The Morgan fingerprint density at radius 1 is 1.23 bits per heavy atom. The number of carbonyl (C=O) groups is 1. The molecule has 1 fully saturated rings. The second-order valence-electron chi connectivity index (χ2n) is 5.13. The zero-order valence-corrected chi connectivity index (χ0v) is 13.6. The van der Waals surface area contributed by atoms with Crippen LogP contribution in [0.1, 0.15) is 12.8 Å². The number of aromatic nitrogens is 1. The molecule has 22 heavy (non-hydrogen) atoms. The van der Waals surface area contributed by atoms with Gasteiger partial charge in [-0.15, -0.1) is 24.8 Å². The highest BCUT2D eigenvalue weighted by Crippen LogP contribution is 2.22. The first kappa shape index (κ1) is 18.6. The molecule has 7 heteroatoms. The van der Waals surface area contributed by atoms with Gasteiger partial charge in [0, 0.05) is 30.5 Å². The molecule has 1 amide bonds. The van der Waals surface area contributed by atoms with E-state index >= 15 is 0 Å². The number of halogens is 2. The third-order valence-corrected chi connectivity index (χ3v) is 3.70. The van der Waals surface area contributed by atoms with E-state index in [0.29, 0.717) is 26.1 Å². The molecule has 1 aliphatic rings. The molecule has 0 spiro atoms. The van der Waals surface area contributed by atoms with E-state index in [2.05, 4.69) is 10.3 Å². The van der Waals surface area contributed by atoms with Crippen molar-refractivity contribution in [1.82, 2.24) is 4.98 Å². The van der Waals surface area contributed by atoms with Crippen LogP contribution in [0.2, 0.25) is 0 Å². The van der Waals surface area contributed by atoms with E-state index in [1.807, 2.05) is 30.3 Å². The SMILES string of the molecule is Cl.Cl.NC1(C(=O)Nc2ccc3ncccc3c2)CCOCC1. The standard InChI is InChI=1S/C15H17N3O2.2ClH/c16-15(5-8-20-9-6-15)14(19)18-12-3-4-13-11(10-12)2-1-7-17-13;;/h1-4,7,10H,5-6,8-9,16H2,(H,18,19);2*1H. The van der Waals surface area contributed by atoms with Crippen LogP contribution in [-0.2, 0) is 9.53 Å². The number of hydrogen-bond acceptors (Lipinski definition) is 4. The second-order valence-corrected chi connectivity index (χ2v) is 5.13. The van der Waals surface area contributed by atoms with Crippen LogP contribution in [0.15, 0.2) is 36.5 Å². The summed E-state index contributed by atoms with van der Waals surface area (Å²) in [5.74, 6) is -0.149. The average molecular weight is 344 g/mol. The number of anilines is 1. The van der Waals surface area contributed by atoms with Crippen LogP contribution in [0.4, 0.5) is 5.69 Å². The Morgan fingerprint density at radius 3 is 2.68 bits per heavy atom. The predicted octanol–water partition coefficient (Wildman–Crippen LogP) is 2.52. The van der Waals surface area contributed by atoms with E-state index < -0.39 is 5.54 Å². The van der Waals surface area contributed by atoms with Gasteiger partial charge in [0.2, 0.25) is 5.91 Å². The molecule has 0 bridgehead atoms. The van der Waals surface area contributed by atoms with Crippen molar-refractivity contribution in [2.45, 2.75) is 18.4 Å². The van der Waals surface area contributed by atoms with Crippen LogP contribution in [0, 0.1) is 0 Å². The topological polar surface area (TPSA) is 77.2 Å². The van der Waals surface area contributed by atoms with E-state index in [9.17, 15) is 4.79 Å². The minimum Gasteiger partial charge on any atom is -0.381 e. The number of nitrogens with two attached hydrogens (primary N) is 1. The normalized spacial score (nSPS) is 16.2. The van der Waals surface area contributed by atoms with Crippen LogP contribution >= 0.6 is 24.8 Å². The molecule has 0 unspecified atom stereocenters. The number of pyridine rings is 1. The molecule has 1 aliphatic heterocycles. The maximum atomic E-state index is 12.3. The highest BCUT2D eigenvalue weighted by Gasteiger charge is 2.35. The van der Waals surface area contributed by atoms with Gasteiger partial charge in [-0.05, 0) is 37.1 Å². The number of nitrogens with one attached hydrogen (secondary N) is 1. The molecule has 0 aliphatic carbocycles. The fraction of sp³-hybridized carbons (Fsp3) is 0.333. The minimum atomic E-state index is -0.831. The monoisotopic (exact) mass is 343 g/mol. The number of nitrogens with zero attached hydrogens (tertiary/aromatic N) is 1. The number of amides is 1. The number of fused-ring (bicyclic) bond motifs is 1. The van der Waals surface area contributed by atoms with Gasteiger partial charge in [-0.1, -0.05) is 6.07 Å². The van der Waals surface area contributed by atoms with Crippen LogP contribution < -0.4 is 11.1 Å². The maximum absolute atomic E-state index is 12.3. The molecule has 5 nitrogen and oxygen atoms in total. The quantitative estimate of drug-likeness (QED) is 0.878. The Kier molecular flexibility index (Phi) is 6.56. The highest BCUT2D eigenvalue weighted by atomic mass is 35.5. The van der Waals surface area contributed by atoms with Gasteiger partial charge in [-0.2, -0.15) is 0 Å². The van der Waals surface area contributed by atoms with Crippen molar-refractivity contribution in [3.63, 3.8) is 0 Å². The molecule has 120 valence electrons. The largest absolute Gasteiger partial charge is 0.381 e. The van der Waals surface area contributed by atoms with Gasteiger partial charge in [-0.3, -0.25) is 9.78 Å². The summed E-state index contributed by atoms with van der Waals surface area (Å²) in [6, 6.07) is 9.47. The van der Waals surface area contributed by atoms with E-state index in [1.54, 1.807) is 6.20 Å². The lowest BCUT2D eigenvalue weighted by atomic mass is 9.90. The van der Waals surface area contributed by atoms with Gasteiger partial charge in [0.1, 0.15) is 5.54 Å². The summed E-state index contributed by atoms with van der Waals surface area (Å²) >= 11 is 0. The number of carbonyl (C=O) groups excluding carboxylic acids is 1. The van der Waals surface area contributed by atoms with E-state index in [0.717, 1.165) is 16.6 Å². The van der Waals surface area contributed by atoms with Gasteiger partial charge < -0.3 is 15.8 Å². The van der Waals surface area contributed by atoms with E-state index in [-0.39, 0.29) is 30.7 Å². The molecule has 0 atom stereocenters. The van der Waals surface area contributed by atoms with Crippen molar-refractivity contribution in [3.05, 3.63) is 36.5 Å². The zero-order valence-electron chi connectivity index (χ0n) is 12.0. The predicted molar refractivity (Wildman–Crippen MR) is 91.8 cm³/mol. The van der Waals surface area contributed by atoms with Gasteiger partial charge in [0.25, 0.3) is 0 Å². The number of benzene rings is 1. The zero-order chi connectivity index (χ0) is 14.0. The minimum absolute atomic E-state index is 0. The third kappa shape index (κ3) is 3.87. The third-order valence-electron chi connectivity index (χ3n) is 3.70. The lowest BCUT2D eigenvalue weighted by Gasteiger charge is -2.31. The van der Waals surface area contributed by atoms with Gasteiger partial charge in [-0.25, -0.2) is 0 Å². The second kappa shape index (κ2) is 7.74. The van der Waals surface area contributed by atoms with Crippen LogP contribution in [-0.4, -0.2) is 29.6 Å². The number of hydrogen-bond donors (Lipinski definition) is 2. The summed E-state index contributed by atoms with van der Waals surface area (Å²) < 4.78 is 5.25. The van der Waals surface area contributed by atoms with Crippen molar-refractivity contribution >= 4 is 47.3 Å². The first-order valence-corrected chi connectivity index (χ1v) is 6.70. The molecule has 1 aromatic heterocycles. The summed E-state index contributed by atoms with van der Waals surface area (Å²) in [6.07, 6.45) is 2.85. The summed E-state index contributed by atoms with van der Waals surface area (Å²) in [6.45, 7) is 1.07.